The SMILES string of the molecule is CCOC(=O)C1CCN(c2cc(C(F)(F)F)ccc2C2CCN(C(=O)[C@@H]3CNC[C@H]3c3cccc(OC)c3)CC2)CC1. The number of likely N-dealkylation sites (tertiary alicyclic amines) is 1. The van der Waals surface area contributed by atoms with Gasteiger partial charge in [-0.2, -0.15) is 13.2 Å². The minimum atomic E-state index is -4.44. The summed E-state index contributed by atoms with van der Waals surface area (Å²) in [6.07, 6.45) is -1.97. The van der Waals surface area contributed by atoms with Crippen LogP contribution in [0.1, 0.15) is 61.1 Å². The van der Waals surface area contributed by atoms with Crippen LogP contribution in [0, 0.1) is 11.8 Å². The Bertz CT molecular complexity index is 1250. The zero-order valence-corrected chi connectivity index (χ0v) is 24.3. The molecule has 0 unspecified atom stereocenters. The Kier molecular flexibility index (Phi) is 9.30. The van der Waals surface area contributed by atoms with Crippen molar-refractivity contribution in [2.75, 3.05) is 57.9 Å². The van der Waals surface area contributed by atoms with Crippen molar-refractivity contribution < 1.29 is 32.2 Å². The first-order valence-electron chi connectivity index (χ1n) is 15.0. The Hall–Kier alpha value is -3.27. The highest BCUT2D eigenvalue weighted by atomic mass is 19.4. The maximum atomic E-state index is 13.7. The Morgan fingerprint density at radius 3 is 2.38 bits per heavy atom. The molecular formula is C32H40F3N3O4. The van der Waals surface area contributed by atoms with E-state index in [4.69, 9.17) is 9.47 Å². The van der Waals surface area contributed by atoms with Crippen molar-refractivity contribution in [2.45, 2.75) is 50.6 Å². The molecule has 2 atom stereocenters. The number of rotatable bonds is 7. The third-order valence-electron chi connectivity index (χ3n) is 9.11. The fourth-order valence-electron chi connectivity index (χ4n) is 6.76. The highest BCUT2D eigenvalue weighted by Gasteiger charge is 2.39. The quantitative estimate of drug-likeness (QED) is 0.449. The molecule has 1 amide bonds. The van der Waals surface area contributed by atoms with E-state index >= 15 is 0 Å². The van der Waals surface area contributed by atoms with E-state index in [1.165, 1.54) is 12.1 Å². The van der Waals surface area contributed by atoms with Gasteiger partial charge in [-0.1, -0.05) is 18.2 Å². The topological polar surface area (TPSA) is 71.1 Å². The van der Waals surface area contributed by atoms with Gasteiger partial charge in [-0.25, -0.2) is 0 Å². The number of nitrogens with one attached hydrogen (secondary N) is 1. The number of hydrogen-bond donors (Lipinski definition) is 1. The van der Waals surface area contributed by atoms with Crippen LogP contribution >= 0.6 is 0 Å². The molecule has 10 heteroatoms. The molecule has 3 aliphatic rings. The molecule has 3 saturated heterocycles. The summed E-state index contributed by atoms with van der Waals surface area (Å²) in [4.78, 5) is 29.8. The van der Waals surface area contributed by atoms with Gasteiger partial charge in [0.25, 0.3) is 0 Å². The van der Waals surface area contributed by atoms with Gasteiger partial charge in [0.2, 0.25) is 5.91 Å². The molecule has 0 radical (unpaired) electrons. The lowest BCUT2D eigenvalue weighted by Crippen LogP contribution is -2.43. The average Bonchev–Trinajstić information content (AvgIpc) is 3.50. The highest BCUT2D eigenvalue weighted by molar-refractivity contribution is 5.81. The fourth-order valence-corrected chi connectivity index (χ4v) is 6.76. The number of carbonyl (C=O) groups is 2. The van der Waals surface area contributed by atoms with E-state index < -0.39 is 11.7 Å². The van der Waals surface area contributed by atoms with Crippen molar-refractivity contribution in [1.82, 2.24) is 10.2 Å². The Balaban J connectivity index is 1.28. The van der Waals surface area contributed by atoms with E-state index in [1.54, 1.807) is 20.1 Å². The number of ether oxygens (including phenoxy) is 2. The second-order valence-corrected chi connectivity index (χ2v) is 11.5. The maximum absolute atomic E-state index is 13.7. The zero-order chi connectivity index (χ0) is 29.9. The summed E-state index contributed by atoms with van der Waals surface area (Å²) in [7, 11) is 1.63. The number of nitrogens with zero attached hydrogens (tertiary/aromatic N) is 2. The number of methoxy groups -OCH3 is 1. The van der Waals surface area contributed by atoms with Crippen LogP contribution in [0.5, 0.6) is 5.75 Å². The third kappa shape index (κ3) is 6.53. The molecule has 228 valence electrons. The normalized spacial score (nSPS) is 22.3. The first-order valence-corrected chi connectivity index (χ1v) is 15.0. The predicted molar refractivity (Wildman–Crippen MR) is 154 cm³/mol. The van der Waals surface area contributed by atoms with E-state index in [-0.39, 0.29) is 35.5 Å². The number of halogens is 3. The van der Waals surface area contributed by atoms with Crippen LogP contribution < -0.4 is 15.0 Å². The van der Waals surface area contributed by atoms with Gasteiger partial charge in [0.05, 0.1) is 31.1 Å². The molecule has 3 fully saturated rings. The molecule has 2 aromatic rings. The average molecular weight is 588 g/mol. The van der Waals surface area contributed by atoms with Crippen molar-refractivity contribution in [3.05, 3.63) is 59.2 Å². The molecule has 0 bridgehead atoms. The van der Waals surface area contributed by atoms with E-state index in [0.29, 0.717) is 70.7 Å². The lowest BCUT2D eigenvalue weighted by molar-refractivity contribution is -0.148. The Morgan fingerprint density at radius 1 is 0.976 bits per heavy atom. The van der Waals surface area contributed by atoms with Gasteiger partial charge in [-0.05, 0) is 73.9 Å². The van der Waals surface area contributed by atoms with Crippen LogP contribution in [0.4, 0.5) is 18.9 Å². The predicted octanol–water partition coefficient (Wildman–Crippen LogP) is 5.20. The van der Waals surface area contributed by atoms with Gasteiger partial charge in [0.1, 0.15) is 5.75 Å². The number of alkyl halides is 3. The van der Waals surface area contributed by atoms with Crippen LogP contribution in [0.25, 0.3) is 0 Å². The van der Waals surface area contributed by atoms with Crippen LogP contribution in [0.3, 0.4) is 0 Å². The van der Waals surface area contributed by atoms with Gasteiger partial charge >= 0.3 is 12.1 Å². The van der Waals surface area contributed by atoms with Crippen LogP contribution in [0.2, 0.25) is 0 Å². The third-order valence-corrected chi connectivity index (χ3v) is 9.11. The summed E-state index contributed by atoms with van der Waals surface area (Å²) < 4.78 is 51.7. The number of piperidine rings is 2. The Labute approximate surface area is 245 Å². The van der Waals surface area contributed by atoms with Gasteiger partial charge < -0.3 is 24.6 Å². The number of carbonyl (C=O) groups excluding carboxylic acids is 2. The first kappa shape index (κ1) is 30.2. The summed E-state index contributed by atoms with van der Waals surface area (Å²) in [6, 6.07) is 11.9. The maximum Gasteiger partial charge on any atom is 0.416 e. The largest absolute Gasteiger partial charge is 0.497 e. The smallest absolute Gasteiger partial charge is 0.416 e. The minimum Gasteiger partial charge on any atom is -0.497 e. The van der Waals surface area contributed by atoms with Crippen molar-refractivity contribution in [3.63, 3.8) is 0 Å². The molecule has 0 spiro atoms. The zero-order valence-electron chi connectivity index (χ0n) is 24.3. The van der Waals surface area contributed by atoms with E-state index in [0.717, 1.165) is 23.4 Å². The second kappa shape index (κ2) is 12.9. The number of benzene rings is 2. The molecule has 1 N–H and O–H groups in total. The minimum absolute atomic E-state index is 0.0463. The summed E-state index contributed by atoms with van der Waals surface area (Å²) in [6.45, 7) is 5.55. The highest BCUT2D eigenvalue weighted by Crippen LogP contribution is 2.41. The molecule has 0 aromatic heterocycles. The molecule has 42 heavy (non-hydrogen) atoms. The molecule has 3 heterocycles. The van der Waals surface area contributed by atoms with Gasteiger partial charge in [-0.15, -0.1) is 0 Å². The summed E-state index contributed by atoms with van der Waals surface area (Å²) in [5.74, 6) is 0.370. The van der Waals surface area contributed by atoms with Crippen LogP contribution in [-0.4, -0.2) is 69.8 Å². The summed E-state index contributed by atoms with van der Waals surface area (Å²) >= 11 is 0. The number of esters is 1. The monoisotopic (exact) mass is 587 g/mol. The number of amides is 1. The molecular weight excluding hydrogens is 547 g/mol. The summed E-state index contributed by atoms with van der Waals surface area (Å²) in [5, 5.41) is 3.38. The van der Waals surface area contributed by atoms with Crippen molar-refractivity contribution in [2.24, 2.45) is 11.8 Å². The lowest BCUT2D eigenvalue weighted by Gasteiger charge is -2.38. The van der Waals surface area contributed by atoms with Crippen molar-refractivity contribution in [3.8, 4) is 5.75 Å². The van der Waals surface area contributed by atoms with E-state index in [2.05, 4.69) is 5.32 Å². The fraction of sp³-hybridized carbons (Fsp3) is 0.562. The lowest BCUT2D eigenvalue weighted by atomic mass is 9.84. The number of anilines is 1. The summed E-state index contributed by atoms with van der Waals surface area (Å²) in [5.41, 5.74) is 1.89. The van der Waals surface area contributed by atoms with E-state index in [1.807, 2.05) is 34.1 Å². The van der Waals surface area contributed by atoms with E-state index in [9.17, 15) is 22.8 Å². The second-order valence-electron chi connectivity index (χ2n) is 11.5. The molecule has 7 nitrogen and oxygen atoms in total. The molecule has 2 aromatic carbocycles. The van der Waals surface area contributed by atoms with Crippen molar-refractivity contribution in [1.29, 1.82) is 0 Å². The van der Waals surface area contributed by atoms with Gasteiger partial charge in [0.15, 0.2) is 0 Å². The van der Waals surface area contributed by atoms with Crippen LogP contribution in [0.15, 0.2) is 42.5 Å². The molecule has 3 aliphatic heterocycles. The molecule has 5 rings (SSSR count). The van der Waals surface area contributed by atoms with Gasteiger partial charge in [0, 0.05) is 50.9 Å². The molecule has 0 saturated carbocycles. The number of hydrogen-bond acceptors (Lipinski definition) is 6. The van der Waals surface area contributed by atoms with Crippen LogP contribution in [-0.2, 0) is 20.5 Å². The van der Waals surface area contributed by atoms with Gasteiger partial charge in [-0.3, -0.25) is 9.59 Å². The standard InChI is InChI=1S/C32H40F3N3O4/c1-3-42-31(40)22-11-13-37(14-12-22)29-18-24(32(33,34)35)7-8-26(29)21-9-15-38(16-10-21)30(39)28-20-36-19-27(28)23-5-4-6-25(17-23)41-2/h4-8,17-18,21-22,27-28,36H,3,9-16,19-20H2,1-2H3/t27-,28+/m0/s1. The Morgan fingerprint density at radius 2 is 1.71 bits per heavy atom. The first-order chi connectivity index (χ1) is 20.2. The molecule has 0 aliphatic carbocycles. The van der Waals surface area contributed by atoms with Crippen molar-refractivity contribution >= 4 is 17.6 Å².